The van der Waals surface area contributed by atoms with Crippen molar-refractivity contribution in [2.24, 2.45) is 0 Å². The van der Waals surface area contributed by atoms with Crippen molar-refractivity contribution >= 4 is 5.97 Å². The van der Waals surface area contributed by atoms with E-state index in [0.29, 0.717) is 6.61 Å². The number of hydroxylamine groups is 2. The van der Waals surface area contributed by atoms with Crippen molar-refractivity contribution in [3.8, 4) is 0 Å². The molecule has 0 N–H and O–H groups in total. The summed E-state index contributed by atoms with van der Waals surface area (Å²) in [5, 5.41) is 1.79. The van der Waals surface area contributed by atoms with Crippen LogP contribution in [0.3, 0.4) is 0 Å². The van der Waals surface area contributed by atoms with Crippen molar-refractivity contribution in [1.29, 1.82) is 0 Å². The van der Waals surface area contributed by atoms with E-state index >= 15 is 0 Å². The molecular formula is C17H23NO4. The molecule has 0 amide bonds. The van der Waals surface area contributed by atoms with E-state index in [1.807, 2.05) is 30.3 Å². The fourth-order valence-corrected chi connectivity index (χ4v) is 3.16. The van der Waals surface area contributed by atoms with Crippen molar-refractivity contribution in [2.45, 2.75) is 50.5 Å². The molecule has 1 saturated carbocycles. The van der Waals surface area contributed by atoms with E-state index in [4.69, 9.17) is 14.3 Å². The summed E-state index contributed by atoms with van der Waals surface area (Å²) in [6.45, 7) is 0.762. The lowest BCUT2D eigenvalue weighted by Crippen LogP contribution is -2.39. The van der Waals surface area contributed by atoms with E-state index in [9.17, 15) is 4.79 Å². The standard InChI is InChI=1S/C17H23NO4/c1-20-16(19)15(13-21-12-14-8-4-2-5-9-14)18-17(22-18)10-6-3-7-11-17/h2,4-5,8-9,15H,3,6-7,10-13H2,1H3/t15-,18?/m0/s1. The zero-order valence-electron chi connectivity index (χ0n) is 13.0. The first-order valence-electron chi connectivity index (χ1n) is 7.93. The summed E-state index contributed by atoms with van der Waals surface area (Å²) >= 11 is 0. The van der Waals surface area contributed by atoms with E-state index in [-0.39, 0.29) is 18.3 Å². The summed E-state index contributed by atoms with van der Waals surface area (Å²) < 4.78 is 10.6. The molecule has 2 atom stereocenters. The molecule has 120 valence electrons. The monoisotopic (exact) mass is 305 g/mol. The topological polar surface area (TPSA) is 51.1 Å². The van der Waals surface area contributed by atoms with Gasteiger partial charge in [-0.05, 0) is 31.2 Å². The number of nitrogens with zero attached hydrogens (tertiary/aromatic N) is 1. The van der Waals surface area contributed by atoms with Crippen molar-refractivity contribution in [3.05, 3.63) is 35.9 Å². The molecule has 1 heterocycles. The Hall–Kier alpha value is -1.43. The normalized spacial score (nSPS) is 24.0. The summed E-state index contributed by atoms with van der Waals surface area (Å²) in [5.74, 6) is -0.296. The van der Waals surface area contributed by atoms with E-state index in [2.05, 4.69) is 0 Å². The van der Waals surface area contributed by atoms with Gasteiger partial charge in [-0.3, -0.25) is 9.63 Å². The molecule has 5 heteroatoms. The second kappa shape index (κ2) is 6.77. The van der Waals surface area contributed by atoms with Gasteiger partial charge in [-0.1, -0.05) is 36.8 Å². The van der Waals surface area contributed by atoms with Crippen molar-refractivity contribution in [3.63, 3.8) is 0 Å². The predicted octanol–water partition coefficient (Wildman–Crippen LogP) is 2.65. The van der Waals surface area contributed by atoms with Crippen LogP contribution in [0, 0.1) is 0 Å². The fourth-order valence-electron chi connectivity index (χ4n) is 3.16. The van der Waals surface area contributed by atoms with Crippen molar-refractivity contribution < 1.29 is 19.1 Å². The Balaban J connectivity index is 1.56. The molecule has 0 aromatic heterocycles. The Kier molecular flexibility index (Phi) is 4.76. The third kappa shape index (κ3) is 3.32. The summed E-state index contributed by atoms with van der Waals surface area (Å²) in [5.41, 5.74) is 0.845. The zero-order valence-corrected chi connectivity index (χ0v) is 13.0. The Morgan fingerprint density at radius 2 is 2.00 bits per heavy atom. The highest BCUT2D eigenvalue weighted by Crippen LogP contribution is 2.48. The van der Waals surface area contributed by atoms with Gasteiger partial charge in [0.25, 0.3) is 0 Å². The van der Waals surface area contributed by atoms with Gasteiger partial charge >= 0.3 is 5.97 Å². The van der Waals surface area contributed by atoms with Crippen LogP contribution >= 0.6 is 0 Å². The summed E-state index contributed by atoms with van der Waals surface area (Å²) in [7, 11) is 1.41. The Morgan fingerprint density at radius 1 is 1.27 bits per heavy atom. The maximum absolute atomic E-state index is 12.0. The minimum Gasteiger partial charge on any atom is -0.468 e. The summed E-state index contributed by atoms with van der Waals surface area (Å²) in [6, 6.07) is 9.44. The van der Waals surface area contributed by atoms with E-state index in [1.54, 1.807) is 5.06 Å². The molecule has 1 unspecified atom stereocenters. The Labute approximate surface area is 131 Å². The molecule has 3 rings (SSSR count). The SMILES string of the molecule is COC(=O)[C@H](COCc1ccccc1)N1OC12CCCCC2. The molecule has 2 aliphatic rings. The maximum Gasteiger partial charge on any atom is 0.328 e. The van der Waals surface area contributed by atoms with Crippen LogP contribution in [0.25, 0.3) is 0 Å². The highest BCUT2D eigenvalue weighted by molar-refractivity contribution is 5.76. The van der Waals surface area contributed by atoms with Crippen LogP contribution < -0.4 is 0 Å². The van der Waals surface area contributed by atoms with Gasteiger partial charge in [0.2, 0.25) is 0 Å². The molecule has 1 spiro atoms. The Morgan fingerprint density at radius 3 is 2.68 bits per heavy atom. The maximum atomic E-state index is 12.0. The molecule has 22 heavy (non-hydrogen) atoms. The average molecular weight is 305 g/mol. The van der Waals surface area contributed by atoms with E-state index < -0.39 is 6.04 Å². The summed E-state index contributed by atoms with van der Waals surface area (Å²) in [6.07, 6.45) is 5.51. The zero-order chi connectivity index (χ0) is 15.4. The molecule has 2 fully saturated rings. The quantitative estimate of drug-likeness (QED) is 0.597. The van der Waals surface area contributed by atoms with Crippen LogP contribution in [0.2, 0.25) is 0 Å². The van der Waals surface area contributed by atoms with Crippen LogP contribution in [0.5, 0.6) is 0 Å². The predicted molar refractivity (Wildman–Crippen MR) is 80.6 cm³/mol. The lowest BCUT2D eigenvalue weighted by molar-refractivity contribution is -0.150. The largest absolute Gasteiger partial charge is 0.468 e. The van der Waals surface area contributed by atoms with Gasteiger partial charge in [0.05, 0.1) is 20.3 Å². The second-order valence-electron chi connectivity index (χ2n) is 5.96. The van der Waals surface area contributed by atoms with Crippen molar-refractivity contribution in [2.75, 3.05) is 13.7 Å². The van der Waals surface area contributed by atoms with Gasteiger partial charge in [-0.15, -0.1) is 5.06 Å². The van der Waals surface area contributed by atoms with Crippen LogP contribution in [-0.2, 0) is 25.7 Å². The van der Waals surface area contributed by atoms with Crippen molar-refractivity contribution in [1.82, 2.24) is 5.06 Å². The first kappa shape index (κ1) is 15.5. The first-order valence-corrected chi connectivity index (χ1v) is 7.93. The lowest BCUT2D eigenvalue weighted by atomic mass is 9.93. The van der Waals surface area contributed by atoms with Crippen LogP contribution in [0.4, 0.5) is 0 Å². The molecule has 1 aromatic rings. The highest BCUT2D eigenvalue weighted by atomic mass is 16.9. The van der Waals surface area contributed by atoms with Crippen LogP contribution in [-0.4, -0.2) is 36.5 Å². The van der Waals surface area contributed by atoms with Crippen LogP contribution in [0.15, 0.2) is 30.3 Å². The number of hydrogen-bond donors (Lipinski definition) is 0. The molecular weight excluding hydrogens is 282 g/mol. The molecule has 0 bridgehead atoms. The number of hydrogen-bond acceptors (Lipinski definition) is 5. The number of esters is 1. The lowest BCUT2D eigenvalue weighted by Gasteiger charge is -2.21. The molecule has 1 aliphatic heterocycles. The number of ether oxygens (including phenoxy) is 2. The van der Waals surface area contributed by atoms with Crippen LogP contribution in [0.1, 0.15) is 37.7 Å². The number of carbonyl (C=O) groups is 1. The van der Waals surface area contributed by atoms with E-state index in [0.717, 1.165) is 31.2 Å². The molecule has 1 aliphatic carbocycles. The van der Waals surface area contributed by atoms with E-state index in [1.165, 1.54) is 13.5 Å². The second-order valence-corrected chi connectivity index (χ2v) is 5.96. The number of methoxy groups -OCH3 is 1. The summed E-state index contributed by atoms with van der Waals surface area (Å²) in [4.78, 5) is 17.8. The average Bonchev–Trinajstić information content (AvgIpc) is 3.25. The number of benzene rings is 1. The van der Waals surface area contributed by atoms with Gasteiger partial charge in [0.1, 0.15) is 0 Å². The van der Waals surface area contributed by atoms with Gasteiger partial charge in [-0.25, -0.2) is 0 Å². The third-order valence-corrected chi connectivity index (χ3v) is 4.42. The minimum atomic E-state index is -0.480. The smallest absolute Gasteiger partial charge is 0.328 e. The number of carbonyl (C=O) groups excluding carboxylic acids is 1. The Bertz CT molecular complexity index is 499. The number of rotatable bonds is 6. The van der Waals surface area contributed by atoms with Gasteiger partial charge in [-0.2, -0.15) is 0 Å². The third-order valence-electron chi connectivity index (χ3n) is 4.42. The molecule has 5 nitrogen and oxygen atoms in total. The first-order chi connectivity index (χ1) is 10.7. The molecule has 1 aromatic carbocycles. The highest BCUT2D eigenvalue weighted by Gasteiger charge is 2.60. The van der Waals surface area contributed by atoms with Gasteiger partial charge < -0.3 is 9.47 Å². The molecule has 1 saturated heterocycles. The fraction of sp³-hybridized carbons (Fsp3) is 0.588. The molecule has 0 radical (unpaired) electrons. The minimum absolute atomic E-state index is 0.243. The van der Waals surface area contributed by atoms with Gasteiger partial charge in [0, 0.05) is 0 Å². The van der Waals surface area contributed by atoms with Gasteiger partial charge in [0.15, 0.2) is 11.8 Å².